The molecule has 1 saturated heterocycles. The molecule has 1 aliphatic rings. The zero-order chi connectivity index (χ0) is 21.9. The lowest BCUT2D eigenvalue weighted by Crippen LogP contribution is -2.55. The van der Waals surface area contributed by atoms with Crippen LogP contribution in [0.5, 0.6) is 5.75 Å². The molecule has 0 aromatic heterocycles. The second kappa shape index (κ2) is 9.14. The van der Waals surface area contributed by atoms with E-state index in [1.165, 1.54) is 13.2 Å². The van der Waals surface area contributed by atoms with Crippen molar-refractivity contribution in [3.05, 3.63) is 53.6 Å². The van der Waals surface area contributed by atoms with Gasteiger partial charge in [-0.05, 0) is 37.3 Å². The first kappa shape index (κ1) is 22.2. The fourth-order valence-electron chi connectivity index (χ4n) is 3.68. The molecule has 1 amide bonds. The molecule has 3 rings (SSSR count). The van der Waals surface area contributed by atoms with Crippen LogP contribution in [0.1, 0.15) is 6.92 Å². The second-order valence-electron chi connectivity index (χ2n) is 7.20. The molecule has 30 heavy (non-hydrogen) atoms. The standard InChI is InChI=1S/C21H26ClN3O4S/c1-16(25(30(3,27)28)18-9-10-20(29-2)19(22)15-18)21(26)24-13-11-23(12-14-24)17-7-5-4-6-8-17/h4-10,15-16H,11-14H2,1-3H3/t16-/m1/s1. The largest absolute Gasteiger partial charge is 0.495 e. The molecule has 9 heteroatoms. The number of sulfonamides is 1. The lowest BCUT2D eigenvalue weighted by atomic mass is 10.2. The number of carbonyl (C=O) groups is 1. The van der Waals surface area contributed by atoms with Crippen molar-refractivity contribution < 1.29 is 17.9 Å². The summed E-state index contributed by atoms with van der Waals surface area (Å²) in [7, 11) is -2.23. The number of amides is 1. The molecule has 0 aliphatic carbocycles. The molecule has 0 unspecified atom stereocenters. The third-order valence-electron chi connectivity index (χ3n) is 5.17. The van der Waals surface area contributed by atoms with Crippen LogP contribution in [-0.2, 0) is 14.8 Å². The molecule has 0 saturated carbocycles. The Bertz CT molecular complexity index is 993. The molecule has 2 aromatic carbocycles. The molecule has 7 nitrogen and oxygen atoms in total. The van der Waals surface area contributed by atoms with E-state index < -0.39 is 16.1 Å². The van der Waals surface area contributed by atoms with E-state index in [0.29, 0.717) is 37.6 Å². The number of ether oxygens (including phenoxy) is 1. The maximum absolute atomic E-state index is 13.2. The Hall–Kier alpha value is -2.45. The van der Waals surface area contributed by atoms with Gasteiger partial charge in [0.25, 0.3) is 0 Å². The molecule has 0 radical (unpaired) electrons. The van der Waals surface area contributed by atoms with Crippen LogP contribution in [0, 0.1) is 0 Å². The number of methoxy groups -OCH3 is 1. The third kappa shape index (κ3) is 4.82. The number of piperazine rings is 1. The van der Waals surface area contributed by atoms with Crippen molar-refractivity contribution in [3.8, 4) is 5.75 Å². The number of halogens is 1. The fourth-order valence-corrected chi connectivity index (χ4v) is 5.10. The summed E-state index contributed by atoms with van der Waals surface area (Å²) in [6, 6.07) is 13.8. The summed E-state index contributed by atoms with van der Waals surface area (Å²) in [5.41, 5.74) is 1.44. The topological polar surface area (TPSA) is 70.2 Å². The van der Waals surface area contributed by atoms with Crippen molar-refractivity contribution in [1.82, 2.24) is 4.90 Å². The minimum atomic E-state index is -3.72. The Labute approximate surface area is 182 Å². The van der Waals surface area contributed by atoms with Gasteiger partial charge < -0.3 is 14.5 Å². The van der Waals surface area contributed by atoms with Crippen LogP contribution >= 0.6 is 11.6 Å². The lowest BCUT2D eigenvalue weighted by molar-refractivity contribution is -0.132. The fraction of sp³-hybridized carbons (Fsp3) is 0.381. The number of anilines is 2. The summed E-state index contributed by atoms with van der Waals surface area (Å²) < 4.78 is 31.3. The first-order chi connectivity index (χ1) is 14.2. The monoisotopic (exact) mass is 451 g/mol. The van der Waals surface area contributed by atoms with Crippen molar-refractivity contribution in [2.75, 3.05) is 48.7 Å². The average molecular weight is 452 g/mol. The number of hydrogen-bond acceptors (Lipinski definition) is 5. The number of rotatable bonds is 6. The molecular formula is C21H26ClN3O4S. The van der Waals surface area contributed by atoms with E-state index in [-0.39, 0.29) is 10.9 Å². The van der Waals surface area contributed by atoms with Crippen molar-refractivity contribution in [1.29, 1.82) is 0 Å². The summed E-state index contributed by atoms with van der Waals surface area (Å²) in [5, 5.41) is 0.278. The van der Waals surface area contributed by atoms with Gasteiger partial charge in [0.15, 0.2) is 0 Å². The zero-order valence-corrected chi connectivity index (χ0v) is 18.9. The van der Waals surface area contributed by atoms with Gasteiger partial charge in [-0.25, -0.2) is 8.42 Å². The van der Waals surface area contributed by atoms with Crippen LogP contribution in [0.3, 0.4) is 0 Å². The van der Waals surface area contributed by atoms with Crippen LogP contribution in [0.2, 0.25) is 5.02 Å². The predicted molar refractivity (Wildman–Crippen MR) is 120 cm³/mol. The minimum absolute atomic E-state index is 0.236. The number of para-hydroxylation sites is 1. The molecule has 0 bridgehead atoms. The lowest BCUT2D eigenvalue weighted by Gasteiger charge is -2.39. The van der Waals surface area contributed by atoms with E-state index in [1.54, 1.807) is 24.0 Å². The predicted octanol–water partition coefficient (Wildman–Crippen LogP) is 2.85. The van der Waals surface area contributed by atoms with Crippen molar-refractivity contribution in [2.24, 2.45) is 0 Å². The Morgan fingerprint density at radius 2 is 1.73 bits per heavy atom. The van der Waals surface area contributed by atoms with Crippen LogP contribution in [-0.4, -0.2) is 64.8 Å². The third-order valence-corrected chi connectivity index (χ3v) is 6.71. The zero-order valence-electron chi connectivity index (χ0n) is 17.3. The molecule has 0 N–H and O–H groups in total. The normalized spacial score (nSPS) is 15.6. The van der Waals surface area contributed by atoms with Crippen LogP contribution < -0.4 is 13.9 Å². The van der Waals surface area contributed by atoms with Gasteiger partial charge in [0.05, 0.1) is 24.1 Å². The highest BCUT2D eigenvalue weighted by molar-refractivity contribution is 7.92. The first-order valence-electron chi connectivity index (χ1n) is 9.64. The number of nitrogens with zero attached hydrogens (tertiary/aromatic N) is 3. The van der Waals surface area contributed by atoms with E-state index in [0.717, 1.165) is 16.2 Å². The van der Waals surface area contributed by atoms with Gasteiger partial charge in [-0.1, -0.05) is 29.8 Å². The van der Waals surface area contributed by atoms with Gasteiger partial charge in [0.2, 0.25) is 15.9 Å². The second-order valence-corrected chi connectivity index (χ2v) is 9.47. The van der Waals surface area contributed by atoms with E-state index >= 15 is 0 Å². The highest BCUT2D eigenvalue weighted by Gasteiger charge is 2.33. The molecule has 1 fully saturated rings. The van der Waals surface area contributed by atoms with E-state index in [1.807, 2.05) is 30.3 Å². The highest BCUT2D eigenvalue weighted by Crippen LogP contribution is 2.31. The summed E-state index contributed by atoms with van der Waals surface area (Å²) >= 11 is 6.18. The number of carbonyl (C=O) groups excluding carboxylic acids is 1. The SMILES string of the molecule is COc1ccc(N([C@H](C)C(=O)N2CCN(c3ccccc3)CC2)S(C)(=O)=O)cc1Cl. The van der Waals surface area contributed by atoms with Gasteiger partial charge in [-0.15, -0.1) is 0 Å². The van der Waals surface area contributed by atoms with Gasteiger partial charge in [-0.2, -0.15) is 0 Å². The smallest absolute Gasteiger partial charge is 0.246 e. The van der Waals surface area contributed by atoms with Gasteiger partial charge in [-0.3, -0.25) is 9.10 Å². The van der Waals surface area contributed by atoms with Gasteiger partial charge in [0, 0.05) is 31.9 Å². The minimum Gasteiger partial charge on any atom is -0.495 e. The molecule has 0 spiro atoms. The summed E-state index contributed by atoms with van der Waals surface area (Å²) in [4.78, 5) is 17.1. The molecule has 1 aliphatic heterocycles. The molecule has 1 heterocycles. The summed E-state index contributed by atoms with van der Waals surface area (Å²) in [6.45, 7) is 4.04. The first-order valence-corrected chi connectivity index (χ1v) is 11.9. The quantitative estimate of drug-likeness (QED) is 0.675. The van der Waals surface area contributed by atoms with Crippen LogP contribution in [0.25, 0.3) is 0 Å². The molecular weight excluding hydrogens is 426 g/mol. The van der Waals surface area contributed by atoms with E-state index in [4.69, 9.17) is 16.3 Å². The van der Waals surface area contributed by atoms with Crippen LogP contribution in [0.15, 0.2) is 48.5 Å². The van der Waals surface area contributed by atoms with Crippen LogP contribution in [0.4, 0.5) is 11.4 Å². The number of hydrogen-bond donors (Lipinski definition) is 0. The average Bonchev–Trinajstić information content (AvgIpc) is 2.73. The summed E-state index contributed by atoms with van der Waals surface area (Å²) in [6.07, 6.45) is 1.09. The maximum Gasteiger partial charge on any atom is 0.246 e. The number of benzene rings is 2. The molecule has 1 atom stereocenters. The Morgan fingerprint density at radius 1 is 1.10 bits per heavy atom. The Morgan fingerprint density at radius 3 is 2.27 bits per heavy atom. The van der Waals surface area contributed by atoms with Gasteiger partial charge >= 0.3 is 0 Å². The van der Waals surface area contributed by atoms with Gasteiger partial charge in [0.1, 0.15) is 11.8 Å². The van der Waals surface area contributed by atoms with Crippen molar-refractivity contribution >= 4 is 38.9 Å². The summed E-state index contributed by atoms with van der Waals surface area (Å²) in [5.74, 6) is 0.199. The van der Waals surface area contributed by atoms with E-state index in [2.05, 4.69) is 4.90 Å². The van der Waals surface area contributed by atoms with E-state index in [9.17, 15) is 13.2 Å². The maximum atomic E-state index is 13.2. The molecule has 162 valence electrons. The molecule has 2 aromatic rings. The van der Waals surface area contributed by atoms with Crippen molar-refractivity contribution in [3.63, 3.8) is 0 Å². The van der Waals surface area contributed by atoms with Crippen molar-refractivity contribution in [2.45, 2.75) is 13.0 Å². The highest BCUT2D eigenvalue weighted by atomic mass is 35.5. The Balaban J connectivity index is 1.76. The Kier molecular flexibility index (Phi) is 6.77.